The van der Waals surface area contributed by atoms with Crippen molar-refractivity contribution in [2.24, 2.45) is 0 Å². The van der Waals surface area contributed by atoms with Crippen LogP contribution in [0.15, 0.2) is 48.5 Å². The van der Waals surface area contributed by atoms with Crippen LogP contribution in [0.4, 0.5) is 0 Å². The molecule has 0 saturated carbocycles. The average Bonchev–Trinajstić information content (AvgIpc) is 2.68. The highest BCUT2D eigenvalue weighted by atomic mass is 35.5. The Morgan fingerprint density at radius 3 is 2.11 bits per heavy atom. The summed E-state index contributed by atoms with van der Waals surface area (Å²) in [7, 11) is 0. The quantitative estimate of drug-likeness (QED) is 0.692. The molecule has 3 nitrogen and oxygen atoms in total. The van der Waals surface area contributed by atoms with E-state index in [1.54, 1.807) is 0 Å². The first-order chi connectivity index (χ1) is 13.0. The molecule has 0 bridgehead atoms. The van der Waals surface area contributed by atoms with Crippen molar-refractivity contribution >= 4 is 23.2 Å². The molecule has 1 heterocycles. The third-order valence-electron chi connectivity index (χ3n) is 5.37. The molecule has 1 saturated heterocycles. The average molecular weight is 408 g/mol. The molecule has 2 atom stereocenters. The molecule has 1 aliphatic heterocycles. The summed E-state index contributed by atoms with van der Waals surface area (Å²) in [5, 5.41) is 13.3. The number of hydrogen-bond acceptors (Lipinski definition) is 3. The fourth-order valence-electron chi connectivity index (χ4n) is 3.91. The lowest BCUT2D eigenvalue weighted by molar-refractivity contribution is -0.0285. The maximum Gasteiger partial charge on any atom is 0.0976 e. The van der Waals surface area contributed by atoms with E-state index in [0.29, 0.717) is 16.5 Å². The summed E-state index contributed by atoms with van der Waals surface area (Å²) < 4.78 is 5.50. The van der Waals surface area contributed by atoms with E-state index in [2.05, 4.69) is 11.8 Å². The lowest BCUT2D eigenvalue weighted by atomic mass is 9.74. The molecule has 3 rings (SSSR count). The zero-order chi connectivity index (χ0) is 19.3. The molecule has 0 aliphatic carbocycles. The zero-order valence-corrected chi connectivity index (χ0v) is 17.2. The second kappa shape index (κ2) is 9.40. The van der Waals surface area contributed by atoms with Crippen molar-refractivity contribution in [1.29, 1.82) is 0 Å². The minimum absolute atomic E-state index is 0.0750. The number of rotatable bonds is 7. The van der Waals surface area contributed by atoms with Crippen molar-refractivity contribution in [3.63, 3.8) is 0 Å². The van der Waals surface area contributed by atoms with Crippen molar-refractivity contribution in [3.05, 3.63) is 69.7 Å². The van der Waals surface area contributed by atoms with Crippen molar-refractivity contribution in [2.45, 2.75) is 31.3 Å². The van der Waals surface area contributed by atoms with Gasteiger partial charge in [-0.15, -0.1) is 0 Å². The van der Waals surface area contributed by atoms with Gasteiger partial charge < -0.3 is 9.84 Å². The number of halogens is 2. The van der Waals surface area contributed by atoms with Crippen molar-refractivity contribution in [1.82, 2.24) is 4.90 Å². The van der Waals surface area contributed by atoms with E-state index in [1.807, 2.05) is 48.5 Å². The Kier molecular flexibility index (Phi) is 7.18. The summed E-state index contributed by atoms with van der Waals surface area (Å²) >= 11 is 12.2. The highest BCUT2D eigenvalue weighted by molar-refractivity contribution is 6.30. The molecule has 0 unspecified atom stereocenters. The van der Waals surface area contributed by atoms with Crippen LogP contribution >= 0.6 is 23.2 Å². The van der Waals surface area contributed by atoms with E-state index in [0.717, 1.165) is 50.4 Å². The predicted molar refractivity (Wildman–Crippen MR) is 112 cm³/mol. The zero-order valence-electron chi connectivity index (χ0n) is 15.7. The number of aliphatic hydroxyl groups is 1. The number of ether oxygens (including phenoxy) is 1. The topological polar surface area (TPSA) is 32.7 Å². The first kappa shape index (κ1) is 20.6. The van der Waals surface area contributed by atoms with Gasteiger partial charge in [0.2, 0.25) is 0 Å². The van der Waals surface area contributed by atoms with Crippen LogP contribution in [-0.2, 0) is 10.3 Å². The summed E-state index contributed by atoms with van der Waals surface area (Å²) in [5.74, 6) is -0.0750. The second-order valence-corrected chi connectivity index (χ2v) is 8.07. The van der Waals surface area contributed by atoms with E-state index < -0.39 is 5.60 Å². The van der Waals surface area contributed by atoms with Gasteiger partial charge in [0, 0.05) is 35.6 Å². The van der Waals surface area contributed by atoms with Crippen LogP contribution in [-0.4, -0.2) is 42.9 Å². The Labute approximate surface area is 171 Å². The van der Waals surface area contributed by atoms with Crippen LogP contribution in [0, 0.1) is 0 Å². The maximum atomic E-state index is 12.0. The molecule has 146 valence electrons. The molecule has 0 amide bonds. The fraction of sp³-hybridized carbons (Fsp3) is 0.455. The molecule has 0 spiro atoms. The van der Waals surface area contributed by atoms with Gasteiger partial charge in [-0.05, 0) is 41.8 Å². The van der Waals surface area contributed by atoms with Gasteiger partial charge in [-0.25, -0.2) is 0 Å². The number of morpholine rings is 1. The number of benzene rings is 2. The van der Waals surface area contributed by atoms with Gasteiger partial charge in [0.15, 0.2) is 0 Å². The van der Waals surface area contributed by atoms with Crippen LogP contribution in [0.3, 0.4) is 0 Å². The molecule has 0 aromatic heterocycles. The normalized spacial score (nSPS) is 18.8. The molecule has 1 N–H and O–H groups in total. The fourth-order valence-corrected chi connectivity index (χ4v) is 4.16. The minimum atomic E-state index is -0.981. The Balaban J connectivity index is 2.00. The second-order valence-electron chi connectivity index (χ2n) is 7.20. The third-order valence-corrected chi connectivity index (χ3v) is 5.87. The van der Waals surface area contributed by atoms with Gasteiger partial charge in [0.25, 0.3) is 0 Å². The lowest BCUT2D eigenvalue weighted by Crippen LogP contribution is -2.45. The SMILES string of the molecule is CCC[C@@](O)(c1ccc(Cl)cc1)[C@H](CN1CCOCC1)c1ccc(Cl)cc1. The first-order valence-electron chi connectivity index (χ1n) is 9.57. The molecular formula is C22H27Cl2NO2. The summed E-state index contributed by atoms with van der Waals surface area (Å²) in [5.41, 5.74) is 1.02. The van der Waals surface area contributed by atoms with Crippen LogP contribution in [0.2, 0.25) is 10.0 Å². The Bertz CT molecular complexity index is 714. The summed E-state index contributed by atoms with van der Waals surface area (Å²) in [4.78, 5) is 2.37. The van der Waals surface area contributed by atoms with Gasteiger partial charge in [0.05, 0.1) is 18.8 Å². The van der Waals surface area contributed by atoms with Gasteiger partial charge in [-0.3, -0.25) is 4.90 Å². The van der Waals surface area contributed by atoms with Crippen molar-refractivity contribution < 1.29 is 9.84 Å². The highest BCUT2D eigenvalue weighted by Crippen LogP contribution is 2.42. The van der Waals surface area contributed by atoms with Crippen molar-refractivity contribution in [2.75, 3.05) is 32.8 Å². The monoisotopic (exact) mass is 407 g/mol. The summed E-state index contributed by atoms with van der Waals surface area (Å²) in [6.45, 7) is 6.11. The van der Waals surface area contributed by atoms with Gasteiger partial charge in [-0.1, -0.05) is 60.8 Å². The molecule has 1 aliphatic rings. The van der Waals surface area contributed by atoms with Crippen LogP contribution in [0.1, 0.15) is 36.8 Å². The van der Waals surface area contributed by atoms with E-state index in [1.165, 1.54) is 0 Å². The maximum absolute atomic E-state index is 12.0. The van der Waals surface area contributed by atoms with E-state index in [9.17, 15) is 5.11 Å². The van der Waals surface area contributed by atoms with Crippen molar-refractivity contribution in [3.8, 4) is 0 Å². The summed E-state index contributed by atoms with van der Waals surface area (Å²) in [6.07, 6.45) is 1.55. The van der Waals surface area contributed by atoms with Crippen LogP contribution < -0.4 is 0 Å². The number of hydrogen-bond donors (Lipinski definition) is 1. The van der Waals surface area contributed by atoms with E-state index in [4.69, 9.17) is 27.9 Å². The van der Waals surface area contributed by atoms with Crippen LogP contribution in [0.25, 0.3) is 0 Å². The summed E-state index contributed by atoms with van der Waals surface area (Å²) in [6, 6.07) is 15.5. The predicted octanol–water partition coefficient (Wildman–Crippen LogP) is 5.10. The molecule has 2 aromatic carbocycles. The highest BCUT2D eigenvalue weighted by Gasteiger charge is 2.39. The first-order valence-corrected chi connectivity index (χ1v) is 10.3. The van der Waals surface area contributed by atoms with Gasteiger partial charge in [0.1, 0.15) is 0 Å². The number of nitrogens with zero attached hydrogens (tertiary/aromatic N) is 1. The largest absolute Gasteiger partial charge is 0.384 e. The molecule has 0 radical (unpaired) electrons. The Morgan fingerprint density at radius 1 is 1.00 bits per heavy atom. The minimum Gasteiger partial charge on any atom is -0.384 e. The van der Waals surface area contributed by atoms with E-state index in [-0.39, 0.29) is 5.92 Å². The molecule has 2 aromatic rings. The lowest BCUT2D eigenvalue weighted by Gasteiger charge is -2.41. The molecular weight excluding hydrogens is 381 g/mol. The standard InChI is InChI=1S/C22H27Cl2NO2/c1-2-11-22(26,18-5-9-20(24)10-6-18)21(16-25-12-14-27-15-13-25)17-3-7-19(23)8-4-17/h3-10,21,26H,2,11-16H2,1H3/t21-,22-/m1/s1. The van der Waals surface area contributed by atoms with Gasteiger partial charge in [-0.2, -0.15) is 0 Å². The third kappa shape index (κ3) is 5.04. The van der Waals surface area contributed by atoms with Gasteiger partial charge >= 0.3 is 0 Å². The van der Waals surface area contributed by atoms with E-state index >= 15 is 0 Å². The smallest absolute Gasteiger partial charge is 0.0976 e. The molecule has 5 heteroatoms. The molecule has 27 heavy (non-hydrogen) atoms. The van der Waals surface area contributed by atoms with Crippen LogP contribution in [0.5, 0.6) is 0 Å². The Morgan fingerprint density at radius 2 is 1.56 bits per heavy atom. The molecule has 1 fully saturated rings. The Hall–Kier alpha value is -1.10.